The quantitative estimate of drug-likeness (QED) is 0.865. The fraction of sp³-hybridized carbons (Fsp3) is 0.474. The minimum Gasteiger partial charge on any atom is -0.378 e. The number of carbonyl (C=O) groups is 1. The van der Waals surface area contributed by atoms with E-state index in [1.807, 2.05) is 0 Å². The highest BCUT2D eigenvalue weighted by Crippen LogP contribution is 2.30. The summed E-state index contributed by atoms with van der Waals surface area (Å²) in [4.78, 5) is 29.3. The monoisotopic (exact) mass is 344 g/mol. The molecule has 1 aromatic heterocycles. The second-order valence-corrected chi connectivity index (χ2v) is 7.07. The van der Waals surface area contributed by atoms with Gasteiger partial charge in [0.15, 0.2) is 0 Å². The predicted octanol–water partition coefficient (Wildman–Crippen LogP) is 2.62. The van der Waals surface area contributed by atoms with Crippen molar-refractivity contribution in [3.8, 4) is 0 Å². The molecular weight excluding hydrogens is 323 g/mol. The summed E-state index contributed by atoms with van der Waals surface area (Å²) in [6.07, 6.45) is 3.11. The highest BCUT2D eigenvalue weighted by molar-refractivity contribution is 6.06. The zero-order valence-corrected chi connectivity index (χ0v) is 14.2. The molecule has 1 N–H and O–H groups in total. The summed E-state index contributed by atoms with van der Waals surface area (Å²) in [6, 6.07) is 4.39. The Labute approximate surface area is 144 Å². The smallest absolute Gasteiger partial charge is 0.254 e. The van der Waals surface area contributed by atoms with Crippen LogP contribution in [0.1, 0.15) is 35.2 Å². The molecule has 2 atom stereocenters. The molecular formula is C19H21FN2O3. The van der Waals surface area contributed by atoms with Crippen molar-refractivity contribution in [1.82, 2.24) is 9.88 Å². The molecule has 1 aromatic carbocycles. The topological polar surface area (TPSA) is 62.4 Å². The van der Waals surface area contributed by atoms with Crippen molar-refractivity contribution in [2.45, 2.75) is 32.3 Å². The Hall–Kier alpha value is -2.21. The Kier molecular flexibility index (Phi) is 4.07. The Morgan fingerprint density at radius 2 is 2.16 bits per heavy atom. The van der Waals surface area contributed by atoms with Crippen LogP contribution >= 0.6 is 0 Å². The van der Waals surface area contributed by atoms with Crippen LogP contribution in [-0.4, -0.2) is 41.6 Å². The number of nitrogens with one attached hydrogen (secondary N) is 1. The van der Waals surface area contributed by atoms with Gasteiger partial charge in [0.25, 0.3) is 5.91 Å². The number of hydrogen-bond acceptors (Lipinski definition) is 3. The van der Waals surface area contributed by atoms with Gasteiger partial charge in [-0.25, -0.2) is 4.39 Å². The van der Waals surface area contributed by atoms with Crippen LogP contribution < -0.4 is 5.56 Å². The van der Waals surface area contributed by atoms with Gasteiger partial charge < -0.3 is 14.6 Å². The van der Waals surface area contributed by atoms with Gasteiger partial charge in [-0.15, -0.1) is 0 Å². The first-order valence-corrected chi connectivity index (χ1v) is 8.77. The van der Waals surface area contributed by atoms with Crippen LogP contribution in [0.25, 0.3) is 10.9 Å². The Morgan fingerprint density at radius 1 is 1.32 bits per heavy atom. The van der Waals surface area contributed by atoms with Crippen molar-refractivity contribution in [3.63, 3.8) is 0 Å². The molecule has 0 unspecified atom stereocenters. The molecule has 0 spiro atoms. The van der Waals surface area contributed by atoms with Gasteiger partial charge in [0.05, 0.1) is 17.2 Å². The number of aromatic amines is 1. The van der Waals surface area contributed by atoms with Crippen LogP contribution in [0.15, 0.2) is 23.0 Å². The van der Waals surface area contributed by atoms with E-state index in [1.54, 1.807) is 17.9 Å². The maximum absolute atomic E-state index is 14.2. The fourth-order valence-corrected chi connectivity index (χ4v) is 4.07. The minimum absolute atomic E-state index is 0.0948. The van der Waals surface area contributed by atoms with E-state index in [-0.39, 0.29) is 23.1 Å². The summed E-state index contributed by atoms with van der Waals surface area (Å²) in [7, 11) is 0. The molecule has 4 rings (SSSR count). The van der Waals surface area contributed by atoms with Crippen LogP contribution in [0.4, 0.5) is 4.39 Å². The third-order valence-electron chi connectivity index (χ3n) is 5.28. The normalized spacial score (nSPS) is 23.5. The third-order valence-corrected chi connectivity index (χ3v) is 5.28. The van der Waals surface area contributed by atoms with Crippen LogP contribution in [0, 0.1) is 18.7 Å². The molecule has 2 fully saturated rings. The lowest BCUT2D eigenvalue weighted by atomic mass is 9.88. The maximum Gasteiger partial charge on any atom is 0.254 e. The first-order chi connectivity index (χ1) is 12.0. The van der Waals surface area contributed by atoms with Crippen molar-refractivity contribution < 1.29 is 13.9 Å². The maximum atomic E-state index is 14.2. The van der Waals surface area contributed by atoms with Crippen molar-refractivity contribution in [3.05, 3.63) is 45.5 Å². The highest BCUT2D eigenvalue weighted by atomic mass is 19.1. The number of pyridine rings is 1. The number of nitrogens with zero attached hydrogens (tertiary/aromatic N) is 1. The number of fused-ring (bicyclic) bond motifs is 2. The number of ether oxygens (including phenoxy) is 1. The first kappa shape index (κ1) is 16.3. The van der Waals surface area contributed by atoms with Crippen molar-refractivity contribution in [1.29, 1.82) is 0 Å². The van der Waals surface area contributed by atoms with E-state index in [1.165, 1.54) is 12.1 Å². The predicted molar refractivity (Wildman–Crippen MR) is 92.2 cm³/mol. The second-order valence-electron chi connectivity index (χ2n) is 7.07. The highest BCUT2D eigenvalue weighted by Gasteiger charge is 2.34. The zero-order valence-electron chi connectivity index (χ0n) is 14.2. The summed E-state index contributed by atoms with van der Waals surface area (Å²) in [5, 5.41) is 0.462. The Balaban J connectivity index is 1.71. The molecule has 132 valence electrons. The van der Waals surface area contributed by atoms with E-state index >= 15 is 0 Å². The molecule has 2 saturated heterocycles. The number of rotatable bonds is 1. The molecule has 6 heteroatoms. The molecule has 25 heavy (non-hydrogen) atoms. The van der Waals surface area contributed by atoms with Gasteiger partial charge in [0.1, 0.15) is 5.82 Å². The van der Waals surface area contributed by atoms with Gasteiger partial charge in [-0.1, -0.05) is 0 Å². The third kappa shape index (κ3) is 2.95. The number of halogens is 1. The van der Waals surface area contributed by atoms with E-state index in [2.05, 4.69) is 4.98 Å². The molecule has 0 aliphatic carbocycles. The Morgan fingerprint density at radius 3 is 3.00 bits per heavy atom. The van der Waals surface area contributed by atoms with E-state index < -0.39 is 11.4 Å². The second kappa shape index (κ2) is 6.26. The summed E-state index contributed by atoms with van der Waals surface area (Å²) in [6.45, 7) is 3.80. The molecule has 2 aliphatic rings. The lowest BCUT2D eigenvalue weighted by molar-refractivity contribution is -0.0606. The van der Waals surface area contributed by atoms with Crippen molar-refractivity contribution >= 4 is 16.8 Å². The first-order valence-electron chi connectivity index (χ1n) is 8.77. The van der Waals surface area contributed by atoms with Crippen LogP contribution in [-0.2, 0) is 4.74 Å². The number of benzene rings is 1. The van der Waals surface area contributed by atoms with Gasteiger partial charge in [-0.2, -0.15) is 0 Å². The lowest BCUT2D eigenvalue weighted by Crippen LogP contribution is -2.48. The molecule has 0 bridgehead atoms. The van der Waals surface area contributed by atoms with E-state index in [9.17, 15) is 14.0 Å². The lowest BCUT2D eigenvalue weighted by Gasteiger charge is -2.41. The number of hydrogen-bond donors (Lipinski definition) is 1. The SMILES string of the molecule is Cc1cc(F)c2[nH]c(=O)cc(C(=O)N3CC[C@@H]4OCCC[C@H]4C3)c2c1. The van der Waals surface area contributed by atoms with Crippen LogP contribution in [0.2, 0.25) is 0 Å². The van der Waals surface area contributed by atoms with Gasteiger partial charge >= 0.3 is 0 Å². The molecule has 0 saturated carbocycles. The average molecular weight is 344 g/mol. The van der Waals surface area contributed by atoms with E-state index in [0.29, 0.717) is 30.0 Å². The number of aromatic nitrogens is 1. The molecule has 2 aliphatic heterocycles. The van der Waals surface area contributed by atoms with E-state index in [0.717, 1.165) is 25.9 Å². The minimum atomic E-state index is -0.513. The molecule has 5 nitrogen and oxygen atoms in total. The zero-order chi connectivity index (χ0) is 17.6. The van der Waals surface area contributed by atoms with Crippen LogP contribution in [0.3, 0.4) is 0 Å². The molecule has 0 radical (unpaired) electrons. The molecule has 3 heterocycles. The molecule has 1 amide bonds. The van der Waals surface area contributed by atoms with E-state index in [4.69, 9.17) is 4.74 Å². The number of carbonyl (C=O) groups excluding carboxylic acids is 1. The van der Waals surface area contributed by atoms with Gasteiger partial charge in [0, 0.05) is 37.1 Å². The van der Waals surface area contributed by atoms with Crippen LogP contribution in [0.5, 0.6) is 0 Å². The summed E-state index contributed by atoms with van der Waals surface area (Å²) < 4.78 is 20.0. The number of amides is 1. The fourth-order valence-electron chi connectivity index (χ4n) is 4.07. The van der Waals surface area contributed by atoms with Gasteiger partial charge in [-0.05, 0) is 43.9 Å². The number of H-pyrrole nitrogens is 1. The summed E-state index contributed by atoms with van der Waals surface area (Å²) in [5.41, 5.74) is 0.619. The number of likely N-dealkylation sites (tertiary alicyclic amines) is 1. The number of piperidine rings is 1. The summed E-state index contributed by atoms with van der Waals surface area (Å²) in [5.74, 6) is -0.371. The molecule has 2 aromatic rings. The van der Waals surface area contributed by atoms with Gasteiger partial charge in [-0.3, -0.25) is 9.59 Å². The summed E-state index contributed by atoms with van der Waals surface area (Å²) >= 11 is 0. The largest absolute Gasteiger partial charge is 0.378 e. The number of aryl methyl sites for hydroxylation is 1. The average Bonchev–Trinajstić information content (AvgIpc) is 2.61. The standard InChI is InChI=1S/C19H21FN2O3/c1-11-7-13-14(9-17(23)21-18(13)15(20)8-11)19(24)22-5-4-16-12(10-22)3-2-6-25-16/h7-9,12,16H,2-6,10H2,1H3,(H,21,23)/t12-,16-/m0/s1. The van der Waals surface area contributed by atoms with Crippen molar-refractivity contribution in [2.75, 3.05) is 19.7 Å². The van der Waals surface area contributed by atoms with Crippen molar-refractivity contribution in [2.24, 2.45) is 5.92 Å². The Bertz CT molecular complexity index is 892. The van der Waals surface area contributed by atoms with Gasteiger partial charge in [0.2, 0.25) is 5.56 Å².